The second-order valence-electron chi connectivity index (χ2n) is 6.44. The summed E-state index contributed by atoms with van der Waals surface area (Å²) < 4.78 is 1.89. The highest BCUT2D eigenvalue weighted by Gasteiger charge is 2.35. The number of rotatable bonds is 5. The van der Waals surface area contributed by atoms with E-state index >= 15 is 0 Å². The summed E-state index contributed by atoms with van der Waals surface area (Å²) in [4.78, 5) is 9.59. The second-order valence-corrected chi connectivity index (χ2v) is 7.50. The lowest BCUT2D eigenvalue weighted by atomic mass is 10.0. The standard InChI is InChI=1S/C16H25N5S/c1-12-18-14(11-22-12)10-21-6-5-15(19(2)3)16(21)7-13-8-17-20(4)9-13/h8-9,11,15-16H,5-7,10H2,1-4H3/t15-,16+/m1/s1. The van der Waals surface area contributed by atoms with Gasteiger partial charge in [-0.25, -0.2) is 4.98 Å². The summed E-state index contributed by atoms with van der Waals surface area (Å²) in [6.07, 6.45) is 6.41. The second kappa shape index (κ2) is 6.48. The van der Waals surface area contributed by atoms with Crippen LogP contribution in [-0.2, 0) is 20.0 Å². The average Bonchev–Trinajstić information content (AvgIpc) is 3.14. The molecule has 0 saturated carbocycles. The van der Waals surface area contributed by atoms with E-state index in [1.807, 2.05) is 17.9 Å². The van der Waals surface area contributed by atoms with Gasteiger partial charge < -0.3 is 4.90 Å². The third kappa shape index (κ3) is 3.39. The first-order valence-electron chi connectivity index (χ1n) is 7.82. The van der Waals surface area contributed by atoms with Crippen molar-refractivity contribution in [3.05, 3.63) is 34.0 Å². The molecule has 22 heavy (non-hydrogen) atoms. The van der Waals surface area contributed by atoms with Crippen molar-refractivity contribution in [1.82, 2.24) is 24.6 Å². The molecule has 2 aromatic heterocycles. The van der Waals surface area contributed by atoms with E-state index in [2.05, 4.69) is 52.5 Å². The molecule has 2 aromatic rings. The Balaban J connectivity index is 1.75. The molecule has 3 heterocycles. The summed E-state index contributed by atoms with van der Waals surface area (Å²) in [6.45, 7) is 4.18. The Morgan fingerprint density at radius 3 is 2.82 bits per heavy atom. The lowest BCUT2D eigenvalue weighted by Crippen LogP contribution is -2.43. The van der Waals surface area contributed by atoms with Crippen LogP contribution in [-0.4, -0.2) is 57.3 Å². The van der Waals surface area contributed by atoms with Crippen molar-refractivity contribution < 1.29 is 0 Å². The van der Waals surface area contributed by atoms with E-state index in [-0.39, 0.29) is 0 Å². The first kappa shape index (κ1) is 15.6. The Kier molecular flexibility index (Phi) is 4.61. The fraction of sp³-hybridized carbons (Fsp3) is 0.625. The third-order valence-corrected chi connectivity index (χ3v) is 5.35. The van der Waals surface area contributed by atoms with Crippen molar-refractivity contribution in [2.75, 3.05) is 20.6 Å². The van der Waals surface area contributed by atoms with Crippen molar-refractivity contribution in [2.24, 2.45) is 7.05 Å². The molecule has 1 aliphatic rings. The lowest BCUT2D eigenvalue weighted by molar-refractivity contribution is 0.177. The number of likely N-dealkylation sites (N-methyl/N-ethyl adjacent to an activating group) is 1. The Hall–Kier alpha value is -1.24. The molecule has 0 aromatic carbocycles. The molecule has 1 fully saturated rings. The van der Waals surface area contributed by atoms with Crippen molar-refractivity contribution in [3.63, 3.8) is 0 Å². The molecule has 0 bridgehead atoms. The zero-order valence-electron chi connectivity index (χ0n) is 13.9. The molecule has 6 heteroatoms. The highest BCUT2D eigenvalue weighted by molar-refractivity contribution is 7.09. The minimum absolute atomic E-state index is 0.529. The van der Waals surface area contributed by atoms with Crippen LogP contribution >= 0.6 is 11.3 Å². The van der Waals surface area contributed by atoms with Crippen LogP contribution in [0.25, 0.3) is 0 Å². The van der Waals surface area contributed by atoms with Crippen LogP contribution in [0.2, 0.25) is 0 Å². The normalized spacial score (nSPS) is 22.8. The van der Waals surface area contributed by atoms with E-state index < -0.39 is 0 Å². The summed E-state index contributed by atoms with van der Waals surface area (Å²) in [6, 6.07) is 1.13. The highest BCUT2D eigenvalue weighted by atomic mass is 32.1. The van der Waals surface area contributed by atoms with Crippen molar-refractivity contribution in [2.45, 2.75) is 38.4 Å². The van der Waals surface area contributed by atoms with Gasteiger partial charge in [-0.15, -0.1) is 11.3 Å². The van der Waals surface area contributed by atoms with Crippen LogP contribution < -0.4 is 0 Å². The first-order valence-corrected chi connectivity index (χ1v) is 8.70. The van der Waals surface area contributed by atoms with Gasteiger partial charge >= 0.3 is 0 Å². The minimum atomic E-state index is 0.529. The monoisotopic (exact) mass is 319 g/mol. The van der Waals surface area contributed by atoms with E-state index in [1.54, 1.807) is 11.3 Å². The van der Waals surface area contributed by atoms with Gasteiger partial charge in [-0.05, 0) is 39.4 Å². The van der Waals surface area contributed by atoms with Gasteiger partial charge in [0.25, 0.3) is 0 Å². The summed E-state index contributed by atoms with van der Waals surface area (Å²) >= 11 is 1.74. The molecule has 0 aliphatic carbocycles. The molecule has 0 radical (unpaired) electrons. The Morgan fingerprint density at radius 2 is 2.23 bits per heavy atom. The van der Waals surface area contributed by atoms with E-state index in [1.165, 1.54) is 17.7 Å². The summed E-state index contributed by atoms with van der Waals surface area (Å²) in [5.41, 5.74) is 2.53. The highest BCUT2D eigenvalue weighted by Crippen LogP contribution is 2.26. The van der Waals surface area contributed by atoms with Crippen LogP contribution in [0.3, 0.4) is 0 Å². The van der Waals surface area contributed by atoms with Gasteiger partial charge in [-0.1, -0.05) is 0 Å². The largest absolute Gasteiger partial charge is 0.305 e. The quantitative estimate of drug-likeness (QED) is 0.844. The van der Waals surface area contributed by atoms with Gasteiger partial charge in [0.1, 0.15) is 0 Å². The van der Waals surface area contributed by atoms with Crippen molar-refractivity contribution in [1.29, 1.82) is 0 Å². The number of nitrogens with zero attached hydrogens (tertiary/aromatic N) is 5. The Labute approximate surface area is 136 Å². The lowest BCUT2D eigenvalue weighted by Gasteiger charge is -2.31. The fourth-order valence-electron chi connectivity index (χ4n) is 3.47. The van der Waals surface area contributed by atoms with Crippen LogP contribution in [0.1, 0.15) is 22.7 Å². The molecule has 5 nitrogen and oxygen atoms in total. The summed E-state index contributed by atoms with van der Waals surface area (Å²) in [5.74, 6) is 0. The summed E-state index contributed by atoms with van der Waals surface area (Å²) in [7, 11) is 6.37. The van der Waals surface area contributed by atoms with Gasteiger partial charge in [0.2, 0.25) is 0 Å². The van der Waals surface area contributed by atoms with Crippen LogP contribution in [0.5, 0.6) is 0 Å². The maximum absolute atomic E-state index is 4.64. The maximum Gasteiger partial charge on any atom is 0.0897 e. The van der Waals surface area contributed by atoms with Gasteiger partial charge in [0.05, 0.1) is 16.9 Å². The van der Waals surface area contributed by atoms with Gasteiger partial charge in [-0.3, -0.25) is 9.58 Å². The fourth-order valence-corrected chi connectivity index (χ4v) is 4.07. The number of aromatic nitrogens is 3. The molecular weight excluding hydrogens is 294 g/mol. The predicted molar refractivity (Wildman–Crippen MR) is 90.1 cm³/mol. The van der Waals surface area contributed by atoms with Crippen LogP contribution in [0.15, 0.2) is 17.8 Å². The van der Waals surface area contributed by atoms with Gasteiger partial charge in [0.15, 0.2) is 0 Å². The van der Waals surface area contributed by atoms with Crippen LogP contribution in [0.4, 0.5) is 0 Å². The third-order valence-electron chi connectivity index (χ3n) is 4.52. The van der Waals surface area contributed by atoms with E-state index in [9.17, 15) is 0 Å². The molecular formula is C16H25N5S. The number of hydrogen-bond acceptors (Lipinski definition) is 5. The van der Waals surface area contributed by atoms with Crippen molar-refractivity contribution >= 4 is 11.3 Å². The number of likely N-dealkylation sites (tertiary alicyclic amines) is 1. The topological polar surface area (TPSA) is 37.2 Å². The average molecular weight is 319 g/mol. The molecule has 0 unspecified atom stereocenters. The SMILES string of the molecule is Cc1nc(CN2CC[C@@H](N(C)C)[C@@H]2Cc2cnn(C)c2)cs1. The van der Waals surface area contributed by atoms with Gasteiger partial charge in [-0.2, -0.15) is 5.10 Å². The van der Waals surface area contributed by atoms with Gasteiger partial charge in [0, 0.05) is 43.8 Å². The number of hydrogen-bond donors (Lipinski definition) is 0. The zero-order valence-corrected chi connectivity index (χ0v) is 14.7. The first-order chi connectivity index (χ1) is 10.5. The molecule has 1 saturated heterocycles. The summed E-state index contributed by atoms with van der Waals surface area (Å²) in [5, 5.41) is 7.66. The van der Waals surface area contributed by atoms with E-state index in [4.69, 9.17) is 0 Å². The molecule has 3 rings (SSSR count). The molecule has 1 aliphatic heterocycles. The van der Waals surface area contributed by atoms with Crippen molar-refractivity contribution in [3.8, 4) is 0 Å². The molecule has 0 N–H and O–H groups in total. The molecule has 2 atom stereocenters. The molecule has 0 spiro atoms. The minimum Gasteiger partial charge on any atom is -0.305 e. The Morgan fingerprint density at radius 1 is 1.41 bits per heavy atom. The molecule has 120 valence electrons. The van der Waals surface area contributed by atoms with Crippen LogP contribution in [0, 0.1) is 6.92 Å². The van der Waals surface area contributed by atoms with E-state index in [0.717, 1.165) is 24.5 Å². The number of aryl methyl sites for hydroxylation is 2. The predicted octanol–water partition coefficient (Wildman–Crippen LogP) is 1.93. The smallest absolute Gasteiger partial charge is 0.0897 e. The van der Waals surface area contributed by atoms with E-state index in [0.29, 0.717) is 12.1 Å². The number of thiazole rings is 1. The molecule has 0 amide bonds. The Bertz CT molecular complexity index is 618. The maximum atomic E-state index is 4.64. The zero-order chi connectivity index (χ0) is 15.7.